The molecule has 0 aromatic rings. The molecule has 0 fully saturated rings. The second-order valence-electron chi connectivity index (χ2n) is 1.51. The first-order chi connectivity index (χ1) is 5.70. The summed E-state index contributed by atoms with van der Waals surface area (Å²) in [6.07, 6.45) is -2.55. The van der Waals surface area contributed by atoms with Crippen LogP contribution in [0.5, 0.6) is 0 Å². The molecule has 1 heteroatoms. The van der Waals surface area contributed by atoms with E-state index in [0.29, 0.717) is 0 Å². The zero-order chi connectivity index (χ0) is 10.9. The minimum Gasteiger partial charge on any atom is -0.300 e. The zero-order valence-electron chi connectivity index (χ0n) is 10.1. The number of ketones is 1. The summed E-state index contributed by atoms with van der Waals surface area (Å²) in [5.74, 6) is -2.66. The van der Waals surface area contributed by atoms with Crippen LogP contribution in [0, 0.1) is 12.8 Å². The SMILES string of the molecule is [2H][C]([2H])C([2H])([2H])C([2H])(CC)C(C)=O. The van der Waals surface area contributed by atoms with E-state index in [1.54, 1.807) is 0 Å². The largest absolute Gasteiger partial charge is 0.300 e. The Morgan fingerprint density at radius 2 is 2.88 bits per heavy atom. The highest BCUT2D eigenvalue weighted by molar-refractivity contribution is 5.78. The first-order valence-corrected chi connectivity index (χ1v) is 2.51. The van der Waals surface area contributed by atoms with Gasteiger partial charge in [-0.15, -0.1) is 0 Å². The van der Waals surface area contributed by atoms with Crippen LogP contribution in [-0.2, 0) is 4.79 Å². The predicted molar refractivity (Wildman–Crippen MR) is 34.4 cm³/mol. The molecule has 0 saturated carbocycles. The summed E-state index contributed by atoms with van der Waals surface area (Å²) in [7, 11) is 0. The third-order valence-corrected chi connectivity index (χ3v) is 0.929. The average molecular weight is 118 g/mol. The Morgan fingerprint density at radius 1 is 2.25 bits per heavy atom. The van der Waals surface area contributed by atoms with Gasteiger partial charge in [-0.2, -0.15) is 0 Å². The molecule has 0 rings (SSSR count). The molecule has 0 aromatic heterocycles. The van der Waals surface area contributed by atoms with Crippen LogP contribution < -0.4 is 0 Å². The van der Waals surface area contributed by atoms with E-state index in [1.165, 1.54) is 6.92 Å². The highest BCUT2D eigenvalue weighted by atomic mass is 16.1. The fraction of sp³-hybridized carbons (Fsp3) is 0.714. The van der Waals surface area contributed by atoms with E-state index in [9.17, 15) is 4.79 Å². The molecule has 0 spiro atoms. The van der Waals surface area contributed by atoms with Crippen molar-refractivity contribution in [2.75, 3.05) is 0 Å². The molecule has 1 nitrogen and oxygen atoms in total. The Labute approximate surface area is 58.1 Å². The van der Waals surface area contributed by atoms with E-state index in [2.05, 4.69) is 0 Å². The van der Waals surface area contributed by atoms with Crippen molar-refractivity contribution < 1.29 is 11.6 Å². The monoisotopic (exact) mass is 118 g/mol. The van der Waals surface area contributed by atoms with Crippen LogP contribution in [0.2, 0.25) is 0 Å². The van der Waals surface area contributed by atoms with E-state index in [4.69, 9.17) is 6.85 Å². The van der Waals surface area contributed by atoms with Gasteiger partial charge >= 0.3 is 0 Å². The molecule has 1 unspecified atom stereocenters. The molecule has 1 radical (unpaired) electrons. The van der Waals surface area contributed by atoms with Crippen LogP contribution in [0.25, 0.3) is 0 Å². The lowest BCUT2D eigenvalue weighted by molar-refractivity contribution is -0.120. The van der Waals surface area contributed by atoms with Gasteiger partial charge in [0, 0.05) is 12.7 Å². The molecule has 0 heterocycles. The number of hydrogen-bond acceptors (Lipinski definition) is 1. The number of carbonyl (C=O) groups excluding carboxylic acids is 1. The van der Waals surface area contributed by atoms with Crippen molar-refractivity contribution in [3.8, 4) is 0 Å². The van der Waals surface area contributed by atoms with Gasteiger partial charge in [0.05, 0.1) is 0 Å². The standard InChI is InChI=1S/C7H13O/c1-4-7(5-2)6(3)8/h7H,1,4-5H2,2-3H3/i1D2,4D2,7D. The van der Waals surface area contributed by atoms with E-state index in [-0.39, 0.29) is 6.42 Å². The molecule has 0 aliphatic rings. The number of hydrogen-bond donors (Lipinski definition) is 0. The van der Waals surface area contributed by atoms with Crippen molar-refractivity contribution in [1.82, 2.24) is 0 Å². The van der Waals surface area contributed by atoms with Crippen LogP contribution in [0.1, 0.15) is 33.5 Å². The molecule has 8 heavy (non-hydrogen) atoms. The lowest BCUT2D eigenvalue weighted by atomic mass is 10.00. The minimum absolute atomic E-state index is 0.0450. The maximum Gasteiger partial charge on any atom is 0.132 e. The molecule has 47 valence electrons. The topological polar surface area (TPSA) is 17.1 Å². The number of Topliss-reactive ketones (excluding diaryl/α,β-unsaturated/α-hetero) is 1. The quantitative estimate of drug-likeness (QED) is 0.550. The Morgan fingerprint density at radius 3 is 3.00 bits per heavy atom. The molecular weight excluding hydrogens is 100 g/mol. The molecule has 1 atom stereocenters. The molecule has 0 saturated heterocycles. The van der Waals surface area contributed by atoms with Gasteiger partial charge in [-0.25, -0.2) is 0 Å². The minimum atomic E-state index is -2.51. The molecule has 0 N–H and O–H groups in total. The van der Waals surface area contributed by atoms with Gasteiger partial charge in [-0.1, -0.05) is 13.8 Å². The Hall–Kier alpha value is -0.330. The van der Waals surface area contributed by atoms with Crippen molar-refractivity contribution in [3.63, 3.8) is 0 Å². The number of rotatable bonds is 4. The van der Waals surface area contributed by atoms with Crippen molar-refractivity contribution in [2.45, 2.75) is 26.6 Å². The van der Waals surface area contributed by atoms with Crippen molar-refractivity contribution in [2.24, 2.45) is 5.89 Å². The van der Waals surface area contributed by atoms with Gasteiger partial charge in [0.2, 0.25) is 0 Å². The van der Waals surface area contributed by atoms with Crippen molar-refractivity contribution in [3.05, 3.63) is 6.88 Å². The smallest absolute Gasteiger partial charge is 0.132 e. The van der Waals surface area contributed by atoms with Gasteiger partial charge in [0.15, 0.2) is 0 Å². The molecule has 0 amide bonds. The summed E-state index contributed by atoms with van der Waals surface area (Å²) >= 11 is 0. The summed E-state index contributed by atoms with van der Waals surface area (Å²) in [4.78, 5) is 11.0. The van der Waals surface area contributed by atoms with Gasteiger partial charge in [-0.05, 0) is 19.7 Å². The van der Waals surface area contributed by atoms with Crippen LogP contribution in [0.3, 0.4) is 0 Å². The van der Waals surface area contributed by atoms with Gasteiger partial charge in [0.25, 0.3) is 0 Å². The first-order valence-electron chi connectivity index (χ1n) is 5.01. The van der Waals surface area contributed by atoms with E-state index >= 15 is 0 Å². The van der Waals surface area contributed by atoms with Crippen LogP contribution in [0.4, 0.5) is 0 Å². The van der Waals surface area contributed by atoms with Crippen LogP contribution >= 0.6 is 0 Å². The van der Waals surface area contributed by atoms with E-state index < -0.39 is 24.9 Å². The third kappa shape index (κ3) is 2.10. The fourth-order valence-corrected chi connectivity index (χ4v) is 0.425. The van der Waals surface area contributed by atoms with E-state index in [1.807, 2.05) is 0 Å². The Balaban J connectivity index is 5.07. The van der Waals surface area contributed by atoms with E-state index in [0.717, 1.165) is 6.92 Å². The first kappa shape index (κ1) is 2.51. The highest BCUT2D eigenvalue weighted by Gasteiger charge is 2.06. The lowest BCUT2D eigenvalue weighted by Crippen LogP contribution is -2.07. The second kappa shape index (κ2) is 3.65. The zero-order valence-corrected chi connectivity index (χ0v) is 5.12. The third-order valence-electron chi connectivity index (χ3n) is 0.929. The summed E-state index contributed by atoms with van der Waals surface area (Å²) in [6.45, 7) is 1.58. The second-order valence-corrected chi connectivity index (χ2v) is 1.51. The predicted octanol–water partition coefficient (Wildman–Crippen LogP) is 1.83. The van der Waals surface area contributed by atoms with Gasteiger partial charge < -0.3 is 0 Å². The molecular formula is C7H13O. The van der Waals surface area contributed by atoms with Gasteiger partial charge in [-0.3, -0.25) is 4.79 Å². The highest BCUT2D eigenvalue weighted by Crippen LogP contribution is 2.06. The Bertz CT molecular complexity index is 203. The maximum absolute atomic E-state index is 11.0. The summed E-state index contributed by atoms with van der Waals surface area (Å²) in [5, 5.41) is 0. The van der Waals surface area contributed by atoms with Crippen molar-refractivity contribution >= 4 is 5.78 Å². The maximum atomic E-state index is 11.0. The number of carbonyl (C=O) groups is 1. The summed E-state index contributed by atoms with van der Waals surface area (Å²) < 4.78 is 35.9. The normalized spacial score (nSPS) is 28.6. The van der Waals surface area contributed by atoms with Gasteiger partial charge in [0.1, 0.15) is 5.78 Å². The van der Waals surface area contributed by atoms with Crippen LogP contribution in [-0.4, -0.2) is 5.78 Å². The fourth-order valence-electron chi connectivity index (χ4n) is 0.425. The average Bonchev–Trinajstić information content (AvgIpc) is 2.01. The molecule has 0 bridgehead atoms. The Kier molecular flexibility index (Phi) is 1.14. The molecule has 0 aliphatic carbocycles. The van der Waals surface area contributed by atoms with Crippen LogP contribution in [0.15, 0.2) is 0 Å². The lowest BCUT2D eigenvalue weighted by Gasteiger charge is -2.04. The summed E-state index contributed by atoms with van der Waals surface area (Å²) in [6, 6.07) is 0. The summed E-state index contributed by atoms with van der Waals surface area (Å²) in [5.41, 5.74) is 0. The molecule has 0 aromatic carbocycles. The molecule has 0 aliphatic heterocycles. The van der Waals surface area contributed by atoms with Crippen molar-refractivity contribution in [1.29, 1.82) is 0 Å².